The number of ether oxygens (including phenoxy) is 1. The van der Waals surface area contributed by atoms with Crippen LogP contribution in [0.25, 0.3) is 0 Å². The van der Waals surface area contributed by atoms with Crippen LogP contribution in [0.1, 0.15) is 52.7 Å². The molecule has 2 heterocycles. The molecule has 1 atom stereocenters. The molecule has 2 saturated heterocycles. The Morgan fingerprint density at radius 3 is 2.43 bits per heavy atom. The average Bonchev–Trinajstić information content (AvgIpc) is 3.47. The number of benzene rings is 2. The highest BCUT2D eigenvalue weighted by molar-refractivity contribution is 6.02. The highest BCUT2D eigenvalue weighted by Crippen LogP contribution is 2.20. The van der Waals surface area contributed by atoms with Gasteiger partial charge in [0.15, 0.2) is 0 Å². The molecular formula is C27H31N3O5. The van der Waals surface area contributed by atoms with Crippen LogP contribution in [0.4, 0.5) is 5.69 Å². The predicted octanol–water partition coefficient (Wildman–Crippen LogP) is 3.21. The van der Waals surface area contributed by atoms with Gasteiger partial charge in [0.05, 0.1) is 12.6 Å². The molecule has 4 amide bonds. The number of carbonyl (C=O) groups is 4. The van der Waals surface area contributed by atoms with Crippen molar-refractivity contribution in [3.05, 3.63) is 64.7 Å². The molecule has 1 N–H and O–H groups in total. The molecule has 8 nitrogen and oxygen atoms in total. The van der Waals surface area contributed by atoms with Crippen LogP contribution >= 0.6 is 0 Å². The number of hydrogen-bond acceptors (Lipinski definition) is 5. The van der Waals surface area contributed by atoms with Crippen molar-refractivity contribution in [2.75, 3.05) is 25.0 Å². The zero-order valence-corrected chi connectivity index (χ0v) is 20.2. The Morgan fingerprint density at radius 2 is 1.77 bits per heavy atom. The van der Waals surface area contributed by atoms with E-state index in [-0.39, 0.29) is 55.7 Å². The van der Waals surface area contributed by atoms with Gasteiger partial charge in [0, 0.05) is 37.2 Å². The van der Waals surface area contributed by atoms with Crippen molar-refractivity contribution in [2.45, 2.75) is 52.2 Å². The Bertz CT molecular complexity index is 1110. The quantitative estimate of drug-likeness (QED) is 0.589. The third kappa shape index (κ3) is 5.95. The predicted molar refractivity (Wildman–Crippen MR) is 131 cm³/mol. The van der Waals surface area contributed by atoms with Crippen LogP contribution in [0.2, 0.25) is 0 Å². The van der Waals surface area contributed by atoms with Crippen LogP contribution in [0.5, 0.6) is 0 Å². The molecule has 0 aliphatic carbocycles. The van der Waals surface area contributed by atoms with Gasteiger partial charge in [0.25, 0.3) is 5.91 Å². The maximum atomic E-state index is 13.4. The maximum Gasteiger partial charge on any atom is 0.254 e. The molecule has 0 aromatic heterocycles. The first-order valence-electron chi connectivity index (χ1n) is 12.0. The molecule has 35 heavy (non-hydrogen) atoms. The minimum absolute atomic E-state index is 0.0927. The van der Waals surface area contributed by atoms with E-state index in [1.807, 2.05) is 32.0 Å². The Labute approximate surface area is 205 Å². The number of nitrogens with zero attached hydrogens (tertiary/aromatic N) is 2. The molecule has 184 valence electrons. The molecule has 1 unspecified atom stereocenters. The highest BCUT2D eigenvalue weighted by atomic mass is 16.5. The lowest BCUT2D eigenvalue weighted by Gasteiger charge is -2.25. The van der Waals surface area contributed by atoms with Crippen molar-refractivity contribution in [2.24, 2.45) is 0 Å². The number of likely N-dealkylation sites (tertiary alicyclic amines) is 1. The van der Waals surface area contributed by atoms with Gasteiger partial charge in [0.1, 0.15) is 6.54 Å². The Balaban J connectivity index is 1.45. The third-order valence-corrected chi connectivity index (χ3v) is 6.64. The summed E-state index contributed by atoms with van der Waals surface area (Å²) in [4.78, 5) is 52.8. The van der Waals surface area contributed by atoms with E-state index in [9.17, 15) is 19.2 Å². The van der Waals surface area contributed by atoms with Gasteiger partial charge in [-0.05, 0) is 61.6 Å². The van der Waals surface area contributed by atoms with Gasteiger partial charge in [-0.1, -0.05) is 24.3 Å². The lowest BCUT2D eigenvalue weighted by Crippen LogP contribution is -2.42. The van der Waals surface area contributed by atoms with Crippen LogP contribution in [0, 0.1) is 13.8 Å². The zero-order chi connectivity index (χ0) is 24.9. The third-order valence-electron chi connectivity index (χ3n) is 6.64. The van der Waals surface area contributed by atoms with Gasteiger partial charge in [0.2, 0.25) is 17.7 Å². The van der Waals surface area contributed by atoms with Crippen molar-refractivity contribution in [1.29, 1.82) is 0 Å². The Morgan fingerprint density at radius 1 is 1.06 bits per heavy atom. The van der Waals surface area contributed by atoms with Crippen molar-refractivity contribution in [3.63, 3.8) is 0 Å². The second-order valence-electron chi connectivity index (χ2n) is 9.19. The van der Waals surface area contributed by atoms with Crippen LogP contribution < -0.4 is 5.32 Å². The highest BCUT2D eigenvalue weighted by Gasteiger charge is 2.29. The van der Waals surface area contributed by atoms with Gasteiger partial charge in [-0.15, -0.1) is 0 Å². The second-order valence-corrected chi connectivity index (χ2v) is 9.19. The van der Waals surface area contributed by atoms with Gasteiger partial charge in [-0.3, -0.25) is 24.1 Å². The molecule has 8 heteroatoms. The fraction of sp³-hybridized carbons (Fsp3) is 0.407. The topological polar surface area (TPSA) is 96.0 Å². The normalized spacial score (nSPS) is 17.7. The number of carbonyl (C=O) groups excluding carboxylic acids is 4. The summed E-state index contributed by atoms with van der Waals surface area (Å²) in [5, 5.41) is 2.93. The number of hydrogen-bond donors (Lipinski definition) is 1. The lowest BCUT2D eigenvalue weighted by molar-refractivity contribution is -0.139. The Hall–Kier alpha value is -3.52. The van der Waals surface area contributed by atoms with Crippen molar-refractivity contribution < 1.29 is 23.9 Å². The van der Waals surface area contributed by atoms with Crippen LogP contribution in [-0.2, 0) is 25.7 Å². The Kier molecular flexibility index (Phi) is 7.60. The zero-order valence-electron chi connectivity index (χ0n) is 20.2. The van der Waals surface area contributed by atoms with Gasteiger partial charge >= 0.3 is 0 Å². The van der Waals surface area contributed by atoms with E-state index >= 15 is 0 Å². The molecule has 0 bridgehead atoms. The minimum Gasteiger partial charge on any atom is -0.376 e. The summed E-state index contributed by atoms with van der Waals surface area (Å²) in [7, 11) is 0. The summed E-state index contributed by atoms with van der Waals surface area (Å²) >= 11 is 0. The summed E-state index contributed by atoms with van der Waals surface area (Å²) < 4.78 is 5.72. The smallest absolute Gasteiger partial charge is 0.254 e. The molecule has 2 fully saturated rings. The monoisotopic (exact) mass is 477 g/mol. The number of rotatable bonds is 8. The molecule has 2 aliphatic heterocycles. The first-order valence-corrected chi connectivity index (χ1v) is 12.0. The summed E-state index contributed by atoms with van der Waals surface area (Å²) in [5.41, 5.74) is 4.00. The van der Waals surface area contributed by atoms with E-state index in [2.05, 4.69) is 5.32 Å². The molecule has 4 rings (SSSR count). The van der Waals surface area contributed by atoms with Crippen LogP contribution in [0.3, 0.4) is 0 Å². The first-order chi connectivity index (χ1) is 16.8. The fourth-order valence-electron chi connectivity index (χ4n) is 4.42. The molecular weight excluding hydrogens is 446 g/mol. The molecule has 2 aromatic rings. The van der Waals surface area contributed by atoms with E-state index in [4.69, 9.17) is 4.74 Å². The molecule has 0 radical (unpaired) electrons. The van der Waals surface area contributed by atoms with Crippen LogP contribution in [0.15, 0.2) is 42.5 Å². The number of imide groups is 1. The summed E-state index contributed by atoms with van der Waals surface area (Å²) in [6, 6.07) is 12.6. The summed E-state index contributed by atoms with van der Waals surface area (Å²) in [5.74, 6) is -0.885. The molecule has 2 aliphatic rings. The number of amides is 4. The van der Waals surface area contributed by atoms with E-state index in [0.29, 0.717) is 18.7 Å². The van der Waals surface area contributed by atoms with E-state index in [1.54, 1.807) is 24.3 Å². The SMILES string of the molecule is Cc1cccc(NC(=O)CN(CC2CCCO2)C(=O)c2ccc(CN3C(=O)CCC3=O)cc2)c1C. The number of nitrogens with one attached hydrogen (secondary N) is 1. The standard InChI is InChI=1S/C27H31N3O5/c1-18-5-3-7-23(19(18)2)28-24(31)17-29(16-22-6-4-14-35-22)27(34)21-10-8-20(9-11-21)15-30-25(32)12-13-26(30)33/h3,5,7-11,22H,4,6,12-17H2,1-2H3,(H,28,31). The summed E-state index contributed by atoms with van der Waals surface area (Å²) in [6.45, 7) is 5.03. The van der Waals surface area contributed by atoms with Gasteiger partial charge in [-0.2, -0.15) is 0 Å². The van der Waals surface area contributed by atoms with Crippen molar-refractivity contribution in [3.8, 4) is 0 Å². The minimum atomic E-state index is -0.271. The summed E-state index contributed by atoms with van der Waals surface area (Å²) in [6.07, 6.45) is 2.18. The van der Waals surface area contributed by atoms with E-state index in [0.717, 1.165) is 35.2 Å². The lowest BCUT2D eigenvalue weighted by atomic mass is 10.1. The van der Waals surface area contributed by atoms with Gasteiger partial charge in [-0.25, -0.2) is 0 Å². The fourth-order valence-corrected chi connectivity index (χ4v) is 4.42. The van der Waals surface area contributed by atoms with Crippen molar-refractivity contribution >= 4 is 29.3 Å². The number of anilines is 1. The largest absolute Gasteiger partial charge is 0.376 e. The van der Waals surface area contributed by atoms with E-state index < -0.39 is 0 Å². The molecule has 0 saturated carbocycles. The van der Waals surface area contributed by atoms with E-state index in [1.165, 1.54) is 9.80 Å². The first kappa shape index (κ1) is 24.6. The second kappa shape index (κ2) is 10.8. The van der Waals surface area contributed by atoms with Crippen LogP contribution in [-0.4, -0.2) is 59.2 Å². The average molecular weight is 478 g/mol. The van der Waals surface area contributed by atoms with Crippen molar-refractivity contribution in [1.82, 2.24) is 9.80 Å². The molecule has 2 aromatic carbocycles. The molecule has 0 spiro atoms. The maximum absolute atomic E-state index is 13.4. The number of aryl methyl sites for hydroxylation is 1. The van der Waals surface area contributed by atoms with Gasteiger partial charge < -0.3 is 15.0 Å².